The fourth-order valence-electron chi connectivity index (χ4n) is 5.39. The van der Waals surface area contributed by atoms with Crippen LogP contribution in [0.5, 0.6) is 11.5 Å². The maximum absolute atomic E-state index is 10.6. The lowest BCUT2D eigenvalue weighted by atomic mass is 9.53. The Morgan fingerprint density at radius 3 is 2.78 bits per heavy atom. The van der Waals surface area contributed by atoms with Crippen molar-refractivity contribution >= 4 is 7.91 Å². The van der Waals surface area contributed by atoms with Crippen LogP contribution in [0.2, 0.25) is 0 Å². The van der Waals surface area contributed by atoms with E-state index in [4.69, 9.17) is 23.9 Å². The highest BCUT2D eigenvalue weighted by Gasteiger charge is 2.64. The van der Waals surface area contributed by atoms with Gasteiger partial charge in [-0.1, -0.05) is 18.2 Å². The highest BCUT2D eigenvalue weighted by atomic mass is 31.1. The van der Waals surface area contributed by atoms with Crippen LogP contribution in [0.25, 0.3) is 0 Å². The van der Waals surface area contributed by atoms with Gasteiger partial charge in [-0.15, -0.1) is 4.67 Å². The molecule has 1 aromatic carbocycles. The Kier molecular flexibility index (Phi) is 4.64. The summed E-state index contributed by atoms with van der Waals surface area (Å²) in [6.45, 7) is 1.05. The highest BCUT2D eigenvalue weighted by Crippen LogP contribution is 2.62. The standard InChI is InChI=1S/C18H21NO3.HO4P.H2/c1-19-8-7-18-11-4-5-13(20)17(18)22-16-14(21-2)6-3-10(15(16)18)9-12(11)19;1-4-5(2)3;/h3-6,11-13,17,20H,7-9H2,1-2H3;1H;1H/t11-,12+,13-,17-,18-;;/m0../s1. The van der Waals surface area contributed by atoms with Gasteiger partial charge in [0.2, 0.25) is 0 Å². The minimum atomic E-state index is -3.04. The molecule has 1 saturated heterocycles. The third-order valence-electron chi connectivity index (χ3n) is 6.42. The van der Waals surface area contributed by atoms with Crippen molar-refractivity contribution in [1.29, 1.82) is 0 Å². The normalized spacial score (nSPS) is 34.8. The lowest BCUT2D eigenvalue weighted by Crippen LogP contribution is -2.64. The maximum Gasteiger partial charge on any atom is 0.496 e. The van der Waals surface area contributed by atoms with Gasteiger partial charge in [-0.05, 0) is 38.1 Å². The summed E-state index contributed by atoms with van der Waals surface area (Å²) in [6.07, 6.45) is 5.54. The number of methoxy groups -OCH3 is 1. The second-order valence-electron chi connectivity index (χ2n) is 7.42. The third-order valence-corrected chi connectivity index (χ3v) is 6.55. The molecule has 1 spiro atoms. The lowest BCUT2D eigenvalue weighted by molar-refractivity contribution is -0.132. The van der Waals surface area contributed by atoms with Crippen LogP contribution in [0.3, 0.4) is 0 Å². The molecule has 2 aliphatic carbocycles. The molecule has 5 atom stereocenters. The SMILES string of the molecule is COc1ccc2c3c1O[C@H]1[C@@H](O)C=C[C@H]4[C@@H](C2)N(C)CC[C@@]341.O=P(=O)OO.[HH]. The Balaban J connectivity index is 0.000000338. The van der Waals surface area contributed by atoms with Crippen LogP contribution in [0.15, 0.2) is 24.3 Å². The quantitative estimate of drug-likeness (QED) is 0.339. The van der Waals surface area contributed by atoms with Crippen LogP contribution >= 0.6 is 7.91 Å². The molecule has 0 unspecified atom stereocenters. The molecule has 5 rings (SSSR count). The van der Waals surface area contributed by atoms with Gasteiger partial charge in [0.15, 0.2) is 11.5 Å². The number of piperidine rings is 1. The van der Waals surface area contributed by atoms with E-state index in [1.807, 2.05) is 12.1 Å². The number of rotatable bonds is 2. The zero-order valence-corrected chi connectivity index (χ0v) is 16.0. The molecule has 1 aromatic rings. The van der Waals surface area contributed by atoms with Gasteiger partial charge in [-0.2, -0.15) is 0 Å². The van der Waals surface area contributed by atoms with Gasteiger partial charge in [0.1, 0.15) is 12.2 Å². The molecule has 8 nitrogen and oxygen atoms in total. The summed E-state index contributed by atoms with van der Waals surface area (Å²) in [5.74, 6) is 2.09. The Morgan fingerprint density at radius 1 is 1.37 bits per heavy atom. The summed E-state index contributed by atoms with van der Waals surface area (Å²) in [7, 11) is 0.864. The van der Waals surface area contributed by atoms with E-state index in [0.29, 0.717) is 12.0 Å². The summed E-state index contributed by atoms with van der Waals surface area (Å²) < 4.78 is 32.4. The van der Waals surface area contributed by atoms with E-state index >= 15 is 0 Å². The first-order valence-electron chi connectivity index (χ1n) is 8.83. The molecule has 9 heteroatoms. The predicted octanol–water partition coefficient (Wildman–Crippen LogP) is 2.31. The largest absolute Gasteiger partial charge is 0.496 e. The molecule has 0 amide bonds. The Hall–Kier alpha value is -1.70. The van der Waals surface area contributed by atoms with Crippen molar-refractivity contribution < 1.29 is 35.1 Å². The Labute approximate surface area is 158 Å². The monoisotopic (exact) mass is 397 g/mol. The van der Waals surface area contributed by atoms with Crippen LogP contribution in [-0.2, 0) is 25.6 Å². The van der Waals surface area contributed by atoms with Crippen molar-refractivity contribution in [3.8, 4) is 11.5 Å². The number of hydrogen-bond donors (Lipinski definition) is 2. The van der Waals surface area contributed by atoms with Gasteiger partial charge in [0.05, 0.1) is 7.11 Å². The predicted molar refractivity (Wildman–Crippen MR) is 96.6 cm³/mol. The average Bonchev–Trinajstić information content (AvgIpc) is 3.02. The van der Waals surface area contributed by atoms with Crippen molar-refractivity contribution in [2.75, 3.05) is 20.7 Å². The highest BCUT2D eigenvalue weighted by molar-refractivity contribution is 7.24. The summed E-state index contributed by atoms with van der Waals surface area (Å²) in [5.41, 5.74) is 2.60. The number of likely N-dealkylation sites (tertiary alicyclic amines) is 1. The fourth-order valence-corrected chi connectivity index (χ4v) is 5.39. The van der Waals surface area contributed by atoms with Crippen molar-refractivity contribution in [1.82, 2.24) is 4.90 Å². The maximum atomic E-state index is 10.6. The molecule has 4 aliphatic rings. The zero-order chi connectivity index (χ0) is 19.3. The van der Waals surface area contributed by atoms with Gasteiger partial charge < -0.3 is 19.5 Å². The number of nitrogens with zero attached hydrogens (tertiary/aromatic N) is 1. The summed E-state index contributed by atoms with van der Waals surface area (Å²) >= 11 is 0. The molecule has 0 saturated carbocycles. The van der Waals surface area contributed by atoms with E-state index in [-0.39, 0.29) is 12.9 Å². The number of aliphatic hydroxyl groups excluding tert-OH is 1. The first kappa shape index (κ1) is 18.7. The summed E-state index contributed by atoms with van der Waals surface area (Å²) in [6, 6.07) is 4.70. The number of ether oxygens (including phenoxy) is 2. The van der Waals surface area contributed by atoms with Crippen LogP contribution in [0.4, 0.5) is 0 Å². The fraction of sp³-hybridized carbons (Fsp3) is 0.556. The molecule has 2 aliphatic heterocycles. The van der Waals surface area contributed by atoms with Gasteiger partial charge >= 0.3 is 7.91 Å². The Morgan fingerprint density at radius 2 is 2.11 bits per heavy atom. The average molecular weight is 397 g/mol. The van der Waals surface area contributed by atoms with Crippen molar-refractivity contribution in [3.05, 3.63) is 35.4 Å². The van der Waals surface area contributed by atoms with Crippen molar-refractivity contribution in [3.63, 3.8) is 0 Å². The minimum absolute atomic E-state index is 0. The molecule has 2 bridgehead atoms. The number of hydrogen-bond acceptors (Lipinski definition) is 8. The molecule has 2 N–H and O–H groups in total. The lowest BCUT2D eigenvalue weighted by Gasteiger charge is -2.56. The third kappa shape index (κ3) is 2.59. The number of likely N-dealkylation sites (N-methyl/N-ethyl adjacent to an activating group) is 1. The molecule has 148 valence electrons. The minimum Gasteiger partial charge on any atom is -0.493 e. The molecule has 27 heavy (non-hydrogen) atoms. The van der Waals surface area contributed by atoms with E-state index < -0.39 is 14.0 Å². The molecular formula is C18H24NO7P. The van der Waals surface area contributed by atoms with Crippen LogP contribution < -0.4 is 9.47 Å². The van der Waals surface area contributed by atoms with Gasteiger partial charge in [0, 0.05) is 24.4 Å². The first-order valence-corrected chi connectivity index (χ1v) is 9.93. The molecule has 0 aromatic heterocycles. The van der Waals surface area contributed by atoms with Gasteiger partial charge in [-0.25, -0.2) is 14.4 Å². The number of benzene rings is 1. The molecule has 2 heterocycles. The molecule has 0 radical (unpaired) electrons. The molecule has 1 fully saturated rings. The smallest absolute Gasteiger partial charge is 0.493 e. The van der Waals surface area contributed by atoms with E-state index in [1.165, 1.54) is 11.1 Å². The topological polar surface area (TPSA) is 106 Å². The van der Waals surface area contributed by atoms with E-state index in [0.717, 1.165) is 30.9 Å². The second kappa shape index (κ2) is 6.72. The zero-order valence-electron chi connectivity index (χ0n) is 15.1. The van der Waals surface area contributed by atoms with Crippen LogP contribution in [-0.4, -0.2) is 54.2 Å². The van der Waals surface area contributed by atoms with Crippen LogP contribution in [0, 0.1) is 5.92 Å². The van der Waals surface area contributed by atoms with Crippen molar-refractivity contribution in [2.24, 2.45) is 5.92 Å². The molecular weight excluding hydrogens is 373 g/mol. The Bertz CT molecular complexity index is 853. The number of aliphatic hydroxyl groups is 1. The summed E-state index contributed by atoms with van der Waals surface area (Å²) in [4.78, 5) is 2.47. The van der Waals surface area contributed by atoms with Gasteiger partial charge in [0.25, 0.3) is 0 Å². The van der Waals surface area contributed by atoms with E-state index in [9.17, 15) is 5.11 Å². The van der Waals surface area contributed by atoms with Crippen molar-refractivity contribution in [2.45, 2.75) is 36.5 Å². The van der Waals surface area contributed by atoms with Crippen LogP contribution in [0.1, 0.15) is 19.0 Å². The van der Waals surface area contributed by atoms with E-state index in [2.05, 4.69) is 28.8 Å². The van der Waals surface area contributed by atoms with Gasteiger partial charge in [-0.3, -0.25) is 0 Å². The first-order chi connectivity index (χ1) is 12.9. The summed E-state index contributed by atoms with van der Waals surface area (Å²) in [5, 5.41) is 17.6. The second-order valence-corrected chi connectivity index (χ2v) is 8.03. The van der Waals surface area contributed by atoms with E-state index in [1.54, 1.807) is 7.11 Å².